The number of carboxylic acid groups (broad SMARTS) is 3. The lowest BCUT2D eigenvalue weighted by Gasteiger charge is -2.23. The molecule has 0 saturated carbocycles. The van der Waals surface area contributed by atoms with Gasteiger partial charge in [0.15, 0.2) is 12.1 Å². The van der Waals surface area contributed by atoms with E-state index in [2.05, 4.69) is 45.9 Å². The molecule has 9 heterocycles. The van der Waals surface area contributed by atoms with Crippen molar-refractivity contribution in [3.63, 3.8) is 0 Å². The molecule has 0 radical (unpaired) electrons. The number of aromatic nitrogens is 6. The van der Waals surface area contributed by atoms with Crippen molar-refractivity contribution in [2.75, 3.05) is 75.9 Å². The van der Waals surface area contributed by atoms with E-state index in [1.165, 1.54) is 29.3 Å². The Morgan fingerprint density at radius 2 is 0.835 bits per heavy atom. The Morgan fingerprint density at radius 1 is 0.527 bits per heavy atom. The number of fused-ring (bicyclic) bond motifs is 3. The van der Waals surface area contributed by atoms with E-state index < -0.39 is 48.5 Å². The van der Waals surface area contributed by atoms with E-state index in [4.69, 9.17) is 53.8 Å². The van der Waals surface area contributed by atoms with Crippen molar-refractivity contribution >= 4 is 88.3 Å². The molecule has 26 nitrogen and oxygen atoms in total. The fraction of sp³-hybridized carbons (Fsp3) is 0.419. The average Bonchev–Trinajstić information content (AvgIpc) is 1.75. The summed E-state index contributed by atoms with van der Waals surface area (Å²) in [6.45, 7) is 5.82. The number of aliphatic hydroxyl groups excluding tert-OH is 1. The van der Waals surface area contributed by atoms with Gasteiger partial charge in [-0.3, -0.25) is 14.4 Å². The van der Waals surface area contributed by atoms with Gasteiger partial charge >= 0.3 is 17.9 Å². The van der Waals surface area contributed by atoms with Crippen molar-refractivity contribution in [3.8, 4) is 33.8 Å². The molecule has 0 aliphatic carbocycles. The fourth-order valence-corrected chi connectivity index (χ4v) is 12.0. The van der Waals surface area contributed by atoms with E-state index in [9.17, 15) is 49.2 Å². The van der Waals surface area contributed by atoms with Gasteiger partial charge in [-0.1, -0.05) is 78.1 Å². The Hall–Kier alpha value is -8.21. The molecule has 91 heavy (non-hydrogen) atoms. The maximum atomic E-state index is 12.9. The summed E-state index contributed by atoms with van der Waals surface area (Å²) in [4.78, 5) is 103. The number of nitrogens with zero attached hydrogens (tertiary/aromatic N) is 9. The van der Waals surface area contributed by atoms with Crippen LogP contribution in [0.4, 0.5) is 17.8 Å². The number of aliphatic carboxylic acids is 3. The normalized spacial score (nSPS) is 17.6. The number of hydrogen-bond acceptors (Lipinski definition) is 20. The van der Waals surface area contributed by atoms with Gasteiger partial charge in [0.05, 0.1) is 64.0 Å². The van der Waals surface area contributed by atoms with Gasteiger partial charge in [0.25, 0.3) is 17.7 Å². The van der Waals surface area contributed by atoms with E-state index in [1.54, 1.807) is 49.5 Å². The Kier molecular flexibility index (Phi) is 21.5. The summed E-state index contributed by atoms with van der Waals surface area (Å²) in [5.41, 5.74) is 7.03. The second kappa shape index (κ2) is 29.8. The molecule has 3 atom stereocenters. The van der Waals surface area contributed by atoms with E-state index in [-0.39, 0.29) is 56.2 Å². The molecular weight excluding hydrogens is 1240 g/mol. The van der Waals surface area contributed by atoms with Gasteiger partial charge in [-0.15, -0.1) is 0 Å². The first-order valence-corrected chi connectivity index (χ1v) is 30.8. The molecule has 6 aromatic rings. The SMILES string of the molecule is CCC(C(=O)O)N1Cc2ccc(-c3nc(NC4CCOCC4)ncc3Cl)cc2C1=O.COCC(C(=O)O)N1Cc2ccc(-c3nc(NC4CCOCC4)ncc3Cl)cc2C1=O.O=C(O)C(CO)N1Cc2ccc(-c3nc(NC4CCOCC4)ncc3Cl)cc2C1=O. The zero-order valence-corrected chi connectivity index (χ0v) is 51.9. The van der Waals surface area contributed by atoms with Crippen LogP contribution < -0.4 is 16.0 Å². The minimum Gasteiger partial charge on any atom is -0.480 e. The summed E-state index contributed by atoms with van der Waals surface area (Å²) in [7, 11) is 1.41. The highest BCUT2D eigenvalue weighted by Crippen LogP contribution is 2.37. The minimum atomic E-state index is -1.29. The molecule has 3 fully saturated rings. The molecular formula is C62H67Cl3N12O14. The molecule has 29 heteroatoms. The zero-order valence-electron chi connectivity index (χ0n) is 49.7. The van der Waals surface area contributed by atoms with Crippen LogP contribution in [0.25, 0.3) is 33.8 Å². The summed E-state index contributed by atoms with van der Waals surface area (Å²) >= 11 is 19.0. The Bertz CT molecular complexity index is 3550. The van der Waals surface area contributed by atoms with Gasteiger partial charge in [0.2, 0.25) is 17.8 Å². The molecule has 3 aromatic heterocycles. The van der Waals surface area contributed by atoms with Gasteiger partial charge in [0.1, 0.15) is 6.04 Å². The summed E-state index contributed by atoms with van der Waals surface area (Å²) in [6.07, 6.45) is 10.2. The first-order valence-electron chi connectivity index (χ1n) is 29.6. The van der Waals surface area contributed by atoms with Crippen molar-refractivity contribution in [1.82, 2.24) is 44.6 Å². The van der Waals surface area contributed by atoms with Crippen LogP contribution >= 0.6 is 34.8 Å². The fourth-order valence-electron chi connectivity index (χ4n) is 11.4. The Labute approximate surface area is 537 Å². The number of ether oxygens (including phenoxy) is 4. The second-order valence-electron chi connectivity index (χ2n) is 22.3. The smallest absolute Gasteiger partial charge is 0.328 e. The van der Waals surface area contributed by atoms with Gasteiger partial charge in [-0.05, 0) is 79.8 Å². The third-order valence-electron chi connectivity index (χ3n) is 16.4. The maximum absolute atomic E-state index is 12.9. The lowest BCUT2D eigenvalue weighted by atomic mass is 10.0. The van der Waals surface area contributed by atoms with Crippen LogP contribution in [-0.4, -0.2) is 197 Å². The average molecular weight is 1310 g/mol. The number of methoxy groups -OCH3 is 1. The van der Waals surface area contributed by atoms with Crippen molar-refractivity contribution in [1.29, 1.82) is 0 Å². The highest BCUT2D eigenvalue weighted by Gasteiger charge is 2.39. The van der Waals surface area contributed by atoms with Gasteiger partial charge in [-0.2, -0.15) is 0 Å². The number of anilines is 3. The molecule has 7 N–H and O–H groups in total. The summed E-state index contributed by atoms with van der Waals surface area (Å²) in [6, 6.07) is 13.5. The number of nitrogens with one attached hydrogen (secondary N) is 3. The van der Waals surface area contributed by atoms with Crippen LogP contribution in [0.1, 0.15) is 99.6 Å². The predicted molar refractivity (Wildman–Crippen MR) is 333 cm³/mol. The molecule has 480 valence electrons. The standard InChI is InChI=1S/C21H23ClN4O5.C21H23ClN4O4.C20H21ClN4O5/c1-30-11-17(20(28)29)26-10-13-3-2-12(8-15(13)19(26)27)18-16(22)9-23-21(25-18)24-14-4-6-31-7-5-14;1-2-17(20(28)29)26-11-13-4-3-12(9-15(13)19(26)27)18-16(22)10-23-21(25-18)24-14-5-7-30-8-6-14;21-15-8-22-20(23-13-3-5-30-6-4-13)24-17(15)11-1-2-12-9-25(16(10-26)19(28)29)18(27)14(12)7-11/h2-3,8-9,14,17H,4-7,10-11H2,1H3,(H,28,29)(H,23,24,25);3-4,9-10,14,17H,2,5-8,11H2,1H3,(H,28,29)(H,23,24,25);1-2,7-8,13,16,26H,3-6,9-10H2,(H,28,29)(H,22,23,24). The lowest BCUT2D eigenvalue weighted by Crippen LogP contribution is -2.44. The lowest BCUT2D eigenvalue weighted by molar-refractivity contribution is -0.145. The van der Waals surface area contributed by atoms with Crippen molar-refractivity contribution < 1.29 is 68.1 Å². The molecule has 3 amide bonds. The largest absolute Gasteiger partial charge is 0.480 e. The van der Waals surface area contributed by atoms with Crippen LogP contribution in [0.3, 0.4) is 0 Å². The second-order valence-corrected chi connectivity index (χ2v) is 23.5. The number of carboxylic acids is 3. The van der Waals surface area contributed by atoms with E-state index in [0.717, 1.165) is 54.6 Å². The molecule has 3 aromatic carbocycles. The topological polar surface area (TPSA) is 343 Å². The van der Waals surface area contributed by atoms with Crippen molar-refractivity contribution in [2.24, 2.45) is 0 Å². The number of amides is 3. The third-order valence-corrected chi connectivity index (χ3v) is 17.2. The molecule has 6 aliphatic rings. The van der Waals surface area contributed by atoms with E-state index in [0.29, 0.717) is 135 Å². The van der Waals surface area contributed by atoms with E-state index >= 15 is 0 Å². The number of aliphatic hydroxyl groups is 1. The number of hydrogen-bond donors (Lipinski definition) is 7. The number of halogens is 3. The minimum absolute atomic E-state index is 0.0824. The number of carbonyl (C=O) groups is 6. The molecule has 3 saturated heterocycles. The van der Waals surface area contributed by atoms with Gasteiger partial charge in [0, 0.05) is 118 Å². The number of rotatable bonds is 19. The maximum Gasteiger partial charge on any atom is 0.328 e. The van der Waals surface area contributed by atoms with Crippen LogP contribution in [-0.2, 0) is 53.0 Å². The highest BCUT2D eigenvalue weighted by molar-refractivity contribution is 6.33. The van der Waals surface area contributed by atoms with Crippen LogP contribution in [0.15, 0.2) is 73.2 Å². The number of carbonyl (C=O) groups excluding carboxylic acids is 3. The molecule has 12 rings (SSSR count). The van der Waals surface area contributed by atoms with Crippen LogP contribution in [0.2, 0.25) is 15.1 Å². The molecule has 3 unspecified atom stereocenters. The Balaban J connectivity index is 0.000000150. The number of benzene rings is 3. The van der Waals surface area contributed by atoms with Crippen LogP contribution in [0.5, 0.6) is 0 Å². The monoisotopic (exact) mass is 1310 g/mol. The predicted octanol–water partition coefficient (Wildman–Crippen LogP) is 7.44. The third kappa shape index (κ3) is 15.2. The highest BCUT2D eigenvalue weighted by atomic mass is 35.5. The molecule has 6 aliphatic heterocycles. The Morgan fingerprint density at radius 3 is 1.12 bits per heavy atom. The zero-order chi connectivity index (χ0) is 64.5. The summed E-state index contributed by atoms with van der Waals surface area (Å²) < 4.78 is 21.1. The van der Waals surface area contributed by atoms with Crippen molar-refractivity contribution in [3.05, 3.63) is 122 Å². The van der Waals surface area contributed by atoms with Crippen LogP contribution in [0, 0.1) is 0 Å². The first kappa shape index (κ1) is 65.7. The van der Waals surface area contributed by atoms with Gasteiger partial charge in [-0.25, -0.2) is 44.3 Å². The summed E-state index contributed by atoms with van der Waals surface area (Å²) in [5, 5.41) is 48.5. The quantitative estimate of drug-likeness (QED) is 0.0414. The van der Waals surface area contributed by atoms with Crippen molar-refractivity contribution in [2.45, 2.75) is 108 Å². The summed E-state index contributed by atoms with van der Waals surface area (Å²) in [5.74, 6) is -3.05. The molecule has 0 spiro atoms. The van der Waals surface area contributed by atoms with Gasteiger partial charge < -0.3 is 70.0 Å². The molecule has 0 bridgehead atoms. The first-order chi connectivity index (χ1) is 43.9. The van der Waals surface area contributed by atoms with E-state index in [1.807, 2.05) is 18.2 Å².